The second kappa shape index (κ2) is 9.30. The average molecular weight is 516 g/mol. The highest BCUT2D eigenvalue weighted by molar-refractivity contribution is 7.90. The summed E-state index contributed by atoms with van der Waals surface area (Å²) in [4.78, 5) is 24.8. The number of carbonyl (C=O) groups excluding carboxylic acids is 1. The first-order valence-electron chi connectivity index (χ1n) is 12.3. The average Bonchev–Trinajstić information content (AvgIpc) is 3.12. The smallest absolute Gasteiger partial charge is 0.281 e. The molecule has 3 atom stereocenters. The van der Waals surface area contributed by atoms with Crippen LogP contribution in [0.4, 0.5) is 11.6 Å². The number of anilines is 2. The van der Waals surface area contributed by atoms with Gasteiger partial charge in [0.2, 0.25) is 0 Å². The van der Waals surface area contributed by atoms with E-state index in [0.29, 0.717) is 30.5 Å². The number of hydrogen-bond acceptors (Lipinski definition) is 8. The summed E-state index contributed by atoms with van der Waals surface area (Å²) in [6, 6.07) is 8.12. The number of hydrogen-bond donors (Lipinski definition) is 2. The highest BCUT2D eigenvalue weighted by atomic mass is 32.2. The number of fused-ring (bicyclic) bond motifs is 6. The molecule has 196 valence electrons. The maximum atomic E-state index is 13.4. The lowest BCUT2D eigenvalue weighted by atomic mass is 9.85. The predicted octanol–water partition coefficient (Wildman–Crippen LogP) is 3.92. The van der Waals surface area contributed by atoms with E-state index in [1.807, 2.05) is 0 Å². The fourth-order valence-electron chi connectivity index (χ4n) is 5.08. The summed E-state index contributed by atoms with van der Waals surface area (Å²) >= 11 is 0. The lowest BCUT2D eigenvalue weighted by Gasteiger charge is -2.34. The molecule has 2 aromatic heterocycles. The van der Waals surface area contributed by atoms with Gasteiger partial charge in [-0.2, -0.15) is 8.42 Å². The molecule has 0 aromatic carbocycles. The fourth-order valence-corrected chi connectivity index (χ4v) is 6.02. The molecule has 10 heteroatoms. The van der Waals surface area contributed by atoms with Crippen LogP contribution in [-0.2, 0) is 20.2 Å². The molecule has 4 rings (SSSR count). The van der Waals surface area contributed by atoms with Gasteiger partial charge in [0, 0.05) is 30.3 Å². The third-order valence-electron chi connectivity index (χ3n) is 7.26. The quantitative estimate of drug-likeness (QED) is 0.588. The van der Waals surface area contributed by atoms with Crippen molar-refractivity contribution in [3.05, 3.63) is 41.6 Å². The second-order valence-electron chi connectivity index (χ2n) is 11.6. The Morgan fingerprint density at radius 1 is 1.14 bits per heavy atom. The van der Waals surface area contributed by atoms with Crippen molar-refractivity contribution in [2.45, 2.75) is 76.6 Å². The first kappa shape index (κ1) is 26.3. The van der Waals surface area contributed by atoms with Crippen LogP contribution in [0.2, 0.25) is 0 Å². The Bertz CT molecular complexity index is 1260. The Kier molecular flexibility index (Phi) is 6.81. The van der Waals surface area contributed by atoms with Gasteiger partial charge in [0.05, 0.1) is 5.56 Å². The van der Waals surface area contributed by atoms with E-state index in [1.54, 1.807) is 31.4 Å². The van der Waals surface area contributed by atoms with Crippen molar-refractivity contribution in [3.8, 4) is 0 Å². The Hall–Kier alpha value is -2.72. The SMILES string of the molecule is COC1C[C@H](C)[C@@H]2CN(c3nc(C(C)(C)C)ccc3C(=O)NS(=O)(=O)c3cccc(n3)N1)C(C)(C)C2. The molecule has 1 saturated heterocycles. The number of pyridine rings is 2. The molecular weight excluding hydrogens is 478 g/mol. The number of ether oxygens (including phenoxy) is 1. The summed E-state index contributed by atoms with van der Waals surface area (Å²) in [5, 5.41) is 2.95. The van der Waals surface area contributed by atoms with Gasteiger partial charge >= 0.3 is 0 Å². The van der Waals surface area contributed by atoms with E-state index in [1.165, 1.54) is 6.07 Å². The molecule has 2 aromatic rings. The summed E-state index contributed by atoms with van der Waals surface area (Å²) in [5.74, 6) is 0.753. The fraction of sp³-hybridized carbons (Fsp3) is 0.577. The van der Waals surface area contributed by atoms with E-state index < -0.39 is 15.9 Å². The number of methoxy groups -OCH3 is 1. The summed E-state index contributed by atoms with van der Waals surface area (Å²) in [6.45, 7) is 13.4. The standard InChI is InChI=1S/C26H37N5O4S/c1-16-13-21(35-7)28-20-9-8-10-22(29-20)36(33,34)30-24(32)18-11-12-19(25(2,3)4)27-23(18)31-15-17(16)14-26(31,5)6/h8-12,16-17,21H,13-15H2,1-7H3,(H,28,29)(H,30,32)/t16-,17-,21?/m0/s1. The van der Waals surface area contributed by atoms with Gasteiger partial charge in [-0.15, -0.1) is 0 Å². The minimum atomic E-state index is -4.23. The molecule has 0 radical (unpaired) electrons. The van der Waals surface area contributed by atoms with Crippen LogP contribution in [0.1, 0.15) is 70.4 Å². The highest BCUT2D eigenvalue weighted by Gasteiger charge is 2.43. The second-order valence-corrected chi connectivity index (χ2v) is 13.2. The van der Waals surface area contributed by atoms with Crippen LogP contribution in [0.3, 0.4) is 0 Å². The third kappa shape index (κ3) is 5.20. The first-order chi connectivity index (χ1) is 16.7. The molecule has 0 aliphatic carbocycles. The minimum Gasteiger partial charge on any atom is -0.362 e. The van der Waals surface area contributed by atoms with Gasteiger partial charge in [0.1, 0.15) is 17.9 Å². The van der Waals surface area contributed by atoms with Crippen molar-refractivity contribution in [1.29, 1.82) is 0 Å². The summed E-state index contributed by atoms with van der Waals surface area (Å²) in [5.41, 5.74) is 0.536. The molecule has 0 spiro atoms. The molecule has 2 aliphatic rings. The number of nitrogens with zero attached hydrogens (tertiary/aromatic N) is 3. The van der Waals surface area contributed by atoms with E-state index in [4.69, 9.17) is 9.72 Å². The Labute approximate surface area is 214 Å². The monoisotopic (exact) mass is 515 g/mol. The number of nitrogens with one attached hydrogen (secondary N) is 2. The van der Waals surface area contributed by atoms with Crippen molar-refractivity contribution in [2.75, 3.05) is 23.9 Å². The van der Waals surface area contributed by atoms with Crippen molar-refractivity contribution in [3.63, 3.8) is 0 Å². The predicted molar refractivity (Wildman–Crippen MR) is 140 cm³/mol. The molecule has 2 N–H and O–H groups in total. The third-order valence-corrected chi connectivity index (χ3v) is 8.50. The van der Waals surface area contributed by atoms with Gasteiger partial charge in [-0.3, -0.25) is 4.79 Å². The minimum absolute atomic E-state index is 0.229. The Morgan fingerprint density at radius 2 is 1.86 bits per heavy atom. The summed E-state index contributed by atoms with van der Waals surface area (Å²) in [7, 11) is -2.60. The zero-order valence-corrected chi connectivity index (χ0v) is 22.9. The molecule has 0 saturated carbocycles. The topological polar surface area (TPSA) is 114 Å². The lowest BCUT2D eigenvalue weighted by Crippen LogP contribution is -2.41. The molecule has 1 fully saturated rings. The Morgan fingerprint density at radius 3 is 2.53 bits per heavy atom. The van der Waals surface area contributed by atoms with E-state index >= 15 is 0 Å². The summed E-state index contributed by atoms with van der Waals surface area (Å²) in [6.07, 6.45) is 1.27. The van der Waals surface area contributed by atoms with Crippen LogP contribution >= 0.6 is 0 Å². The zero-order valence-electron chi connectivity index (χ0n) is 22.1. The molecular formula is C26H37N5O4S. The highest BCUT2D eigenvalue weighted by Crippen LogP contribution is 2.42. The van der Waals surface area contributed by atoms with Gasteiger partial charge in [-0.1, -0.05) is 33.8 Å². The number of amides is 1. The molecule has 36 heavy (non-hydrogen) atoms. The van der Waals surface area contributed by atoms with Crippen molar-refractivity contribution in [2.24, 2.45) is 11.8 Å². The Balaban J connectivity index is 1.88. The van der Waals surface area contributed by atoms with Gasteiger partial charge in [-0.25, -0.2) is 14.7 Å². The van der Waals surface area contributed by atoms with Crippen LogP contribution in [0, 0.1) is 11.8 Å². The number of aromatic nitrogens is 2. The van der Waals surface area contributed by atoms with Gasteiger partial charge < -0.3 is 15.0 Å². The lowest BCUT2D eigenvalue weighted by molar-refractivity contribution is 0.0945. The zero-order chi connectivity index (χ0) is 26.5. The van der Waals surface area contributed by atoms with E-state index in [2.05, 4.69) is 61.5 Å². The number of sulfonamides is 1. The molecule has 2 aliphatic heterocycles. The van der Waals surface area contributed by atoms with Crippen molar-refractivity contribution < 1.29 is 17.9 Å². The maximum absolute atomic E-state index is 13.4. The number of carbonyl (C=O) groups is 1. The van der Waals surface area contributed by atoms with Crippen LogP contribution in [-0.4, -0.2) is 49.7 Å². The summed E-state index contributed by atoms with van der Waals surface area (Å²) < 4.78 is 34.2. The van der Waals surface area contributed by atoms with Gasteiger partial charge in [-0.05, 0) is 62.8 Å². The van der Waals surface area contributed by atoms with Gasteiger partial charge in [0.25, 0.3) is 15.9 Å². The molecule has 4 heterocycles. The van der Waals surface area contributed by atoms with E-state index in [9.17, 15) is 13.2 Å². The number of rotatable bonds is 1. The van der Waals surface area contributed by atoms with Crippen LogP contribution in [0.15, 0.2) is 35.4 Å². The van der Waals surface area contributed by atoms with Crippen molar-refractivity contribution >= 4 is 27.6 Å². The molecule has 4 bridgehead atoms. The molecule has 1 amide bonds. The molecule has 9 nitrogen and oxygen atoms in total. The van der Waals surface area contributed by atoms with Gasteiger partial charge in [0.15, 0.2) is 5.03 Å². The van der Waals surface area contributed by atoms with E-state index in [0.717, 1.165) is 12.1 Å². The van der Waals surface area contributed by atoms with Crippen molar-refractivity contribution in [1.82, 2.24) is 14.7 Å². The first-order valence-corrected chi connectivity index (χ1v) is 13.8. The van der Waals surface area contributed by atoms with E-state index in [-0.39, 0.29) is 33.7 Å². The maximum Gasteiger partial charge on any atom is 0.281 e. The van der Waals surface area contributed by atoms with Crippen LogP contribution < -0.4 is 14.9 Å². The van der Waals surface area contributed by atoms with Crippen LogP contribution in [0.25, 0.3) is 0 Å². The van der Waals surface area contributed by atoms with Crippen LogP contribution in [0.5, 0.6) is 0 Å². The largest absolute Gasteiger partial charge is 0.362 e. The normalized spacial score (nSPS) is 25.7. The molecule has 1 unspecified atom stereocenters.